The Kier molecular flexibility index (Phi) is 4.79. The Morgan fingerprint density at radius 1 is 1.22 bits per heavy atom. The van der Waals surface area contributed by atoms with Gasteiger partial charge in [-0.3, -0.25) is 24.7 Å². The predicted molar refractivity (Wildman–Crippen MR) is 94.7 cm³/mol. The van der Waals surface area contributed by atoms with Crippen molar-refractivity contribution in [3.8, 4) is 0 Å². The minimum absolute atomic E-state index is 0.0934. The van der Waals surface area contributed by atoms with Crippen LogP contribution in [0.1, 0.15) is 22.8 Å². The average molecular weight is 366 g/mol. The molecule has 1 aliphatic rings. The van der Waals surface area contributed by atoms with Crippen molar-refractivity contribution in [3.05, 3.63) is 64.0 Å². The number of nitro groups is 1. The fraction of sp³-hybridized carbons (Fsp3) is 0.176. The summed E-state index contributed by atoms with van der Waals surface area (Å²) in [6, 6.07) is 6.25. The number of amides is 2. The first-order chi connectivity index (χ1) is 12.9. The molecule has 0 unspecified atom stereocenters. The molecule has 0 spiro atoms. The number of pyridine rings is 1. The maximum atomic E-state index is 12.5. The number of aryl methyl sites for hydroxylation is 1. The van der Waals surface area contributed by atoms with Crippen LogP contribution >= 0.6 is 0 Å². The van der Waals surface area contributed by atoms with E-state index in [4.69, 9.17) is 0 Å². The molecular formula is C17H14N6O4. The van der Waals surface area contributed by atoms with Crippen LogP contribution in [-0.2, 0) is 4.79 Å². The third-order valence-corrected chi connectivity index (χ3v) is 3.89. The number of hydrogen-bond donors (Lipinski definition) is 0. The number of aromatic nitrogens is 1. The fourth-order valence-electron chi connectivity index (χ4n) is 2.43. The van der Waals surface area contributed by atoms with Gasteiger partial charge in [-0.15, -0.1) is 0 Å². The van der Waals surface area contributed by atoms with Gasteiger partial charge in [0.15, 0.2) is 6.04 Å². The zero-order chi connectivity index (χ0) is 19.6. The molecule has 2 heterocycles. The van der Waals surface area contributed by atoms with E-state index in [1.807, 2.05) is 0 Å². The number of azo groups is 1. The lowest BCUT2D eigenvalue weighted by Gasteiger charge is -2.10. The second kappa shape index (κ2) is 7.20. The third kappa shape index (κ3) is 3.59. The molecule has 0 N–H and O–H groups in total. The molecule has 136 valence electrons. The summed E-state index contributed by atoms with van der Waals surface area (Å²) in [5, 5.41) is 23.6. The van der Waals surface area contributed by atoms with E-state index in [0.717, 1.165) is 5.01 Å². The number of nitro benzene ring substituents is 1. The van der Waals surface area contributed by atoms with Crippen LogP contribution in [-0.4, -0.2) is 38.5 Å². The summed E-state index contributed by atoms with van der Waals surface area (Å²) in [5.74, 6) is -1.23. The fourth-order valence-corrected chi connectivity index (χ4v) is 2.43. The van der Waals surface area contributed by atoms with Crippen molar-refractivity contribution in [1.82, 2.24) is 9.99 Å². The van der Waals surface area contributed by atoms with Crippen LogP contribution < -0.4 is 0 Å². The van der Waals surface area contributed by atoms with E-state index in [-0.39, 0.29) is 16.9 Å². The summed E-state index contributed by atoms with van der Waals surface area (Å²) in [7, 11) is 0. The lowest BCUT2D eigenvalue weighted by molar-refractivity contribution is -0.385. The van der Waals surface area contributed by atoms with Crippen LogP contribution in [0.3, 0.4) is 0 Å². The highest BCUT2D eigenvalue weighted by Gasteiger charge is 2.38. The van der Waals surface area contributed by atoms with Gasteiger partial charge < -0.3 is 0 Å². The summed E-state index contributed by atoms with van der Waals surface area (Å²) < 4.78 is 0. The van der Waals surface area contributed by atoms with Gasteiger partial charge in [-0.2, -0.15) is 20.3 Å². The number of nitrogens with zero attached hydrogens (tertiary/aromatic N) is 6. The Morgan fingerprint density at radius 2 is 1.93 bits per heavy atom. The van der Waals surface area contributed by atoms with Gasteiger partial charge in [-0.25, -0.2) is 0 Å². The van der Waals surface area contributed by atoms with Gasteiger partial charge in [-0.05, 0) is 32.0 Å². The Balaban J connectivity index is 1.81. The smallest absolute Gasteiger partial charge is 0.269 e. The molecule has 2 aromatic rings. The van der Waals surface area contributed by atoms with Gasteiger partial charge in [0.05, 0.1) is 16.3 Å². The molecule has 0 saturated heterocycles. The lowest BCUT2D eigenvalue weighted by Crippen LogP contribution is -2.34. The molecule has 10 heteroatoms. The van der Waals surface area contributed by atoms with Crippen molar-refractivity contribution < 1.29 is 14.5 Å². The van der Waals surface area contributed by atoms with Gasteiger partial charge >= 0.3 is 0 Å². The number of carbonyl (C=O) groups excluding carboxylic acids is 2. The first kappa shape index (κ1) is 18.0. The Bertz CT molecular complexity index is 986. The molecule has 0 saturated carbocycles. The van der Waals surface area contributed by atoms with Crippen molar-refractivity contribution in [3.63, 3.8) is 0 Å². The molecule has 3 rings (SSSR count). The quantitative estimate of drug-likeness (QED) is 0.355. The van der Waals surface area contributed by atoms with E-state index in [9.17, 15) is 19.7 Å². The zero-order valence-corrected chi connectivity index (χ0v) is 14.4. The second-order valence-corrected chi connectivity index (χ2v) is 5.78. The summed E-state index contributed by atoms with van der Waals surface area (Å²) in [6.07, 6.45) is 2.87. The normalized spacial score (nSPS) is 16.7. The molecule has 1 atom stereocenters. The van der Waals surface area contributed by atoms with Crippen LogP contribution in [0, 0.1) is 17.0 Å². The predicted octanol–water partition coefficient (Wildman–Crippen LogP) is 2.81. The first-order valence-corrected chi connectivity index (χ1v) is 7.88. The number of carbonyl (C=O) groups is 2. The van der Waals surface area contributed by atoms with Crippen molar-refractivity contribution in [2.75, 3.05) is 0 Å². The van der Waals surface area contributed by atoms with Gasteiger partial charge in [0.1, 0.15) is 0 Å². The molecule has 27 heavy (non-hydrogen) atoms. The second-order valence-electron chi connectivity index (χ2n) is 5.78. The minimum atomic E-state index is -1.06. The Hall–Kier alpha value is -3.82. The Morgan fingerprint density at radius 3 is 2.59 bits per heavy atom. The van der Waals surface area contributed by atoms with Crippen LogP contribution in [0.5, 0.6) is 0 Å². The molecule has 1 aromatic carbocycles. The van der Waals surface area contributed by atoms with Crippen LogP contribution in [0.15, 0.2) is 58.1 Å². The van der Waals surface area contributed by atoms with E-state index in [0.29, 0.717) is 11.3 Å². The largest absolute Gasteiger partial charge is 0.282 e. The molecular weight excluding hydrogens is 352 g/mol. The molecule has 1 aromatic heterocycles. The SMILES string of the molecule is CC1=NN(C(=O)c2ccncc2)C(=O)[C@H]1N=Nc1ccc(C)c([N+](=O)[O-])c1. The lowest BCUT2D eigenvalue weighted by atomic mass is 10.2. The van der Waals surface area contributed by atoms with Crippen LogP contribution in [0.4, 0.5) is 11.4 Å². The standard InChI is InChI=1S/C17H14N6O4/c1-10-3-4-13(9-14(10)23(26)27)19-20-15-11(2)21-22(17(15)25)16(24)12-5-7-18-8-6-12/h3-9,15H,1-2H3/t15-/m0/s1. The first-order valence-electron chi connectivity index (χ1n) is 7.88. The van der Waals surface area contributed by atoms with Gasteiger partial charge in [-0.1, -0.05) is 6.07 Å². The summed E-state index contributed by atoms with van der Waals surface area (Å²) >= 11 is 0. The highest BCUT2D eigenvalue weighted by molar-refractivity contribution is 6.18. The van der Waals surface area contributed by atoms with Crippen molar-refractivity contribution >= 4 is 28.9 Å². The minimum Gasteiger partial charge on any atom is -0.269 e. The highest BCUT2D eigenvalue weighted by Crippen LogP contribution is 2.25. The van der Waals surface area contributed by atoms with Crippen molar-refractivity contribution in [2.24, 2.45) is 15.3 Å². The number of hydrazone groups is 1. The van der Waals surface area contributed by atoms with Gasteiger partial charge in [0, 0.05) is 29.6 Å². The highest BCUT2D eigenvalue weighted by atomic mass is 16.6. The number of rotatable bonds is 4. The molecule has 1 aliphatic heterocycles. The third-order valence-electron chi connectivity index (χ3n) is 3.89. The summed E-state index contributed by atoms with van der Waals surface area (Å²) in [5.41, 5.74) is 1.19. The number of benzene rings is 1. The van der Waals surface area contributed by atoms with Gasteiger partial charge in [0.2, 0.25) is 0 Å². The van der Waals surface area contributed by atoms with Crippen LogP contribution in [0.2, 0.25) is 0 Å². The van der Waals surface area contributed by atoms with Gasteiger partial charge in [0.25, 0.3) is 17.5 Å². The molecule has 0 bridgehead atoms. The number of imide groups is 1. The maximum Gasteiger partial charge on any atom is 0.282 e. The van der Waals surface area contributed by atoms with Crippen molar-refractivity contribution in [2.45, 2.75) is 19.9 Å². The van der Waals surface area contributed by atoms with Crippen molar-refractivity contribution in [1.29, 1.82) is 0 Å². The van der Waals surface area contributed by atoms with E-state index in [1.165, 1.54) is 30.6 Å². The Labute approximate surface area is 153 Å². The molecule has 0 radical (unpaired) electrons. The molecule has 10 nitrogen and oxygen atoms in total. The summed E-state index contributed by atoms with van der Waals surface area (Å²) in [4.78, 5) is 39.2. The number of hydrogen-bond acceptors (Lipinski definition) is 8. The monoisotopic (exact) mass is 366 g/mol. The molecule has 0 fully saturated rings. The molecule has 2 amide bonds. The van der Waals surface area contributed by atoms with Crippen LogP contribution in [0.25, 0.3) is 0 Å². The average Bonchev–Trinajstić information content (AvgIpc) is 2.95. The molecule has 0 aliphatic carbocycles. The van der Waals surface area contributed by atoms with E-state index >= 15 is 0 Å². The van der Waals surface area contributed by atoms with E-state index in [2.05, 4.69) is 20.3 Å². The topological polar surface area (TPSA) is 130 Å². The maximum absolute atomic E-state index is 12.5. The van der Waals surface area contributed by atoms with E-state index < -0.39 is 22.8 Å². The zero-order valence-electron chi connectivity index (χ0n) is 14.4. The van der Waals surface area contributed by atoms with E-state index in [1.54, 1.807) is 26.0 Å². The summed E-state index contributed by atoms with van der Waals surface area (Å²) in [6.45, 7) is 3.16.